The van der Waals surface area contributed by atoms with Gasteiger partial charge in [0.15, 0.2) is 0 Å². The van der Waals surface area contributed by atoms with Gasteiger partial charge in [-0.25, -0.2) is 4.90 Å². The minimum atomic E-state index is -0.585. The Morgan fingerprint density at radius 3 is 2.81 bits per heavy atom. The molecule has 0 aliphatic carbocycles. The smallest absolute Gasteiger partial charge is 0.310 e. The molecule has 0 spiro atoms. The zero-order chi connectivity index (χ0) is 19.6. The number of imide groups is 1. The molecule has 2 saturated heterocycles. The molecule has 0 bridgehead atoms. The zero-order valence-corrected chi connectivity index (χ0v) is 16.2. The van der Waals surface area contributed by atoms with Crippen LogP contribution in [0.3, 0.4) is 0 Å². The van der Waals surface area contributed by atoms with Gasteiger partial charge >= 0.3 is 5.97 Å². The molecule has 2 atom stereocenters. The number of likely N-dealkylation sites (tertiary alicyclic amines) is 1. The van der Waals surface area contributed by atoms with E-state index in [-0.39, 0.29) is 30.1 Å². The summed E-state index contributed by atoms with van der Waals surface area (Å²) >= 11 is 6.05. The maximum atomic E-state index is 13.0. The van der Waals surface area contributed by atoms with Crippen LogP contribution in [-0.4, -0.2) is 55.5 Å². The van der Waals surface area contributed by atoms with Crippen molar-refractivity contribution in [2.45, 2.75) is 32.2 Å². The molecule has 2 aliphatic heterocycles. The van der Waals surface area contributed by atoms with Crippen LogP contribution < -0.4 is 9.64 Å². The maximum absolute atomic E-state index is 13.0. The van der Waals surface area contributed by atoms with Gasteiger partial charge < -0.3 is 9.47 Å². The number of ether oxygens (including phenoxy) is 2. The summed E-state index contributed by atoms with van der Waals surface area (Å²) in [7, 11) is 1.48. The van der Waals surface area contributed by atoms with Crippen molar-refractivity contribution >= 4 is 35.1 Å². The first-order chi connectivity index (χ1) is 13.0. The topological polar surface area (TPSA) is 76.2 Å². The first kappa shape index (κ1) is 19.6. The molecule has 0 aromatic heterocycles. The van der Waals surface area contributed by atoms with Crippen molar-refractivity contribution in [2.24, 2.45) is 5.92 Å². The van der Waals surface area contributed by atoms with E-state index in [1.165, 1.54) is 7.11 Å². The van der Waals surface area contributed by atoms with Crippen molar-refractivity contribution in [3.8, 4) is 5.75 Å². The molecular weight excluding hydrogens is 372 g/mol. The van der Waals surface area contributed by atoms with Crippen LogP contribution >= 0.6 is 11.6 Å². The van der Waals surface area contributed by atoms with Crippen LogP contribution in [0.15, 0.2) is 18.2 Å². The summed E-state index contributed by atoms with van der Waals surface area (Å²) in [4.78, 5) is 40.8. The molecular formula is C19H23ClN2O5. The van der Waals surface area contributed by atoms with E-state index in [0.717, 1.165) is 17.7 Å². The third-order valence-electron chi connectivity index (χ3n) is 5.02. The molecule has 1 aromatic carbocycles. The van der Waals surface area contributed by atoms with E-state index in [4.69, 9.17) is 21.1 Å². The lowest BCUT2D eigenvalue weighted by molar-refractivity contribution is -0.150. The Balaban J connectivity index is 1.80. The van der Waals surface area contributed by atoms with E-state index in [1.807, 2.05) is 4.90 Å². The average Bonchev–Trinajstić information content (AvgIpc) is 2.96. The number of anilines is 1. The van der Waals surface area contributed by atoms with E-state index in [0.29, 0.717) is 36.2 Å². The maximum Gasteiger partial charge on any atom is 0.310 e. The predicted octanol–water partition coefficient (Wildman–Crippen LogP) is 2.26. The number of hydrogen-bond acceptors (Lipinski definition) is 6. The van der Waals surface area contributed by atoms with E-state index >= 15 is 0 Å². The van der Waals surface area contributed by atoms with Crippen LogP contribution in [0.25, 0.3) is 0 Å². The number of carbonyl (C=O) groups is 3. The van der Waals surface area contributed by atoms with Gasteiger partial charge in [-0.2, -0.15) is 0 Å². The van der Waals surface area contributed by atoms with Gasteiger partial charge in [-0.05, 0) is 44.5 Å². The molecule has 0 radical (unpaired) electrons. The van der Waals surface area contributed by atoms with E-state index in [1.54, 1.807) is 25.1 Å². The van der Waals surface area contributed by atoms with E-state index in [2.05, 4.69) is 0 Å². The third kappa shape index (κ3) is 3.94. The summed E-state index contributed by atoms with van der Waals surface area (Å²) in [6, 6.07) is 4.24. The second kappa shape index (κ2) is 8.27. The summed E-state index contributed by atoms with van der Waals surface area (Å²) in [6.45, 7) is 3.19. The highest BCUT2D eigenvalue weighted by atomic mass is 35.5. The van der Waals surface area contributed by atoms with Crippen LogP contribution in [0.5, 0.6) is 5.75 Å². The van der Waals surface area contributed by atoms with Crippen molar-refractivity contribution < 1.29 is 23.9 Å². The van der Waals surface area contributed by atoms with Gasteiger partial charge in [-0.1, -0.05) is 11.6 Å². The molecule has 0 N–H and O–H groups in total. The van der Waals surface area contributed by atoms with Crippen LogP contribution in [0.1, 0.15) is 26.2 Å². The fourth-order valence-electron chi connectivity index (χ4n) is 3.73. The lowest BCUT2D eigenvalue weighted by Crippen LogP contribution is -2.48. The number of hydrogen-bond donors (Lipinski definition) is 0. The van der Waals surface area contributed by atoms with Crippen LogP contribution in [0.2, 0.25) is 5.02 Å². The Hall–Kier alpha value is -2.12. The quantitative estimate of drug-likeness (QED) is 0.563. The zero-order valence-electron chi connectivity index (χ0n) is 15.4. The monoisotopic (exact) mass is 394 g/mol. The van der Waals surface area contributed by atoms with Gasteiger partial charge in [0.2, 0.25) is 5.91 Å². The van der Waals surface area contributed by atoms with Crippen LogP contribution in [-0.2, 0) is 19.1 Å². The Labute approximate surface area is 163 Å². The molecule has 27 heavy (non-hydrogen) atoms. The minimum Gasteiger partial charge on any atom is -0.495 e. The van der Waals surface area contributed by atoms with Crippen molar-refractivity contribution in [3.05, 3.63) is 23.2 Å². The van der Waals surface area contributed by atoms with Gasteiger partial charge in [0.25, 0.3) is 5.91 Å². The molecule has 146 valence electrons. The minimum absolute atomic E-state index is 0.0735. The fraction of sp³-hybridized carbons (Fsp3) is 0.526. The molecule has 7 nitrogen and oxygen atoms in total. The summed E-state index contributed by atoms with van der Waals surface area (Å²) < 4.78 is 10.4. The number of benzene rings is 1. The summed E-state index contributed by atoms with van der Waals surface area (Å²) in [5, 5.41) is 0.412. The third-order valence-corrected chi connectivity index (χ3v) is 5.25. The molecule has 2 amide bonds. The Morgan fingerprint density at radius 1 is 1.33 bits per heavy atom. The summed E-state index contributed by atoms with van der Waals surface area (Å²) in [6.07, 6.45) is 1.59. The molecule has 1 aromatic rings. The van der Waals surface area contributed by atoms with Gasteiger partial charge in [-0.15, -0.1) is 0 Å². The van der Waals surface area contributed by atoms with Gasteiger partial charge in [-0.3, -0.25) is 19.3 Å². The molecule has 2 unspecified atom stereocenters. The largest absolute Gasteiger partial charge is 0.495 e. The molecule has 3 rings (SSSR count). The van der Waals surface area contributed by atoms with Crippen molar-refractivity contribution in [1.82, 2.24) is 4.90 Å². The number of esters is 1. The highest BCUT2D eigenvalue weighted by Gasteiger charge is 2.45. The predicted molar refractivity (Wildman–Crippen MR) is 99.8 cm³/mol. The van der Waals surface area contributed by atoms with Gasteiger partial charge in [0, 0.05) is 11.6 Å². The summed E-state index contributed by atoms with van der Waals surface area (Å²) in [5.41, 5.74) is 0.349. The van der Waals surface area contributed by atoms with Crippen LogP contribution in [0, 0.1) is 5.92 Å². The van der Waals surface area contributed by atoms with E-state index in [9.17, 15) is 14.4 Å². The fourth-order valence-corrected chi connectivity index (χ4v) is 3.90. The lowest BCUT2D eigenvalue weighted by Gasteiger charge is -2.34. The standard InChI is InChI=1S/C19H23ClN2O5/c1-3-27-19(25)12-5-4-8-21(11-12)15-10-17(23)22(18(15)24)14-9-13(20)6-7-16(14)26-2/h6-7,9,12,15H,3-5,8,10-11H2,1-2H3. The number of carbonyl (C=O) groups excluding carboxylic acids is 3. The van der Waals surface area contributed by atoms with Crippen molar-refractivity contribution in [1.29, 1.82) is 0 Å². The first-order valence-corrected chi connectivity index (χ1v) is 9.45. The number of methoxy groups -OCH3 is 1. The number of amides is 2. The second-order valence-electron chi connectivity index (χ2n) is 6.69. The molecule has 8 heteroatoms. The van der Waals surface area contributed by atoms with Gasteiger partial charge in [0.05, 0.1) is 37.8 Å². The number of halogens is 1. The molecule has 0 saturated carbocycles. The Kier molecular flexibility index (Phi) is 6.01. The first-order valence-electron chi connectivity index (χ1n) is 9.07. The SMILES string of the molecule is CCOC(=O)C1CCCN(C2CC(=O)N(c3cc(Cl)ccc3OC)C2=O)C1. The Morgan fingerprint density at radius 2 is 2.11 bits per heavy atom. The number of piperidine rings is 1. The van der Waals surface area contributed by atoms with Gasteiger partial charge in [0.1, 0.15) is 5.75 Å². The normalized spacial score (nSPS) is 23.6. The second-order valence-corrected chi connectivity index (χ2v) is 7.13. The molecule has 2 fully saturated rings. The number of rotatable bonds is 5. The number of nitrogens with zero attached hydrogens (tertiary/aromatic N) is 2. The average molecular weight is 395 g/mol. The highest BCUT2D eigenvalue weighted by Crippen LogP contribution is 2.36. The van der Waals surface area contributed by atoms with Crippen molar-refractivity contribution in [2.75, 3.05) is 31.7 Å². The highest BCUT2D eigenvalue weighted by molar-refractivity contribution is 6.31. The lowest BCUT2D eigenvalue weighted by atomic mass is 9.96. The molecule has 2 heterocycles. The molecule has 2 aliphatic rings. The summed E-state index contributed by atoms with van der Waals surface area (Å²) in [5.74, 6) is -0.720. The van der Waals surface area contributed by atoms with Crippen LogP contribution in [0.4, 0.5) is 5.69 Å². The van der Waals surface area contributed by atoms with Crippen molar-refractivity contribution in [3.63, 3.8) is 0 Å². The Bertz CT molecular complexity index is 754. The van der Waals surface area contributed by atoms with E-state index < -0.39 is 6.04 Å².